The highest BCUT2D eigenvalue weighted by Gasteiger charge is 2.51. The van der Waals surface area contributed by atoms with E-state index in [-0.39, 0.29) is 5.91 Å². The number of carbonyl (C=O) groups excluding carboxylic acids is 1. The molecule has 0 spiro atoms. The van der Waals surface area contributed by atoms with Crippen LogP contribution in [0.3, 0.4) is 0 Å². The van der Waals surface area contributed by atoms with Crippen LogP contribution in [-0.4, -0.2) is 62.5 Å². The van der Waals surface area contributed by atoms with Crippen LogP contribution < -0.4 is 10.2 Å². The molecule has 0 radical (unpaired) electrons. The largest absolute Gasteiger partial charge is 0.497 e. The van der Waals surface area contributed by atoms with Gasteiger partial charge in [-0.05, 0) is 51.4 Å². The van der Waals surface area contributed by atoms with Crippen LogP contribution in [0.15, 0.2) is 18.2 Å². The molecule has 2 saturated heterocycles. The summed E-state index contributed by atoms with van der Waals surface area (Å²) < 4.78 is 22.9. The fraction of sp³-hybridized carbons (Fsp3) is 0.611. The molecule has 1 amide bonds. The number of ether oxygens (including phenoxy) is 2. The molecule has 1 aromatic rings. The molecule has 0 N–H and O–H groups in total. The van der Waals surface area contributed by atoms with Gasteiger partial charge in [0.15, 0.2) is 0 Å². The number of methoxy groups -OCH3 is 1. The number of hydrogen-bond donors (Lipinski definition) is 0. The van der Waals surface area contributed by atoms with E-state index >= 15 is 0 Å². The number of hydrogen-bond acceptors (Lipinski definition) is 5. The van der Waals surface area contributed by atoms with Gasteiger partial charge in [0.25, 0.3) is 5.91 Å². The second-order valence-electron chi connectivity index (χ2n) is 7.49. The first-order chi connectivity index (χ1) is 11.7. The van der Waals surface area contributed by atoms with Gasteiger partial charge in [0, 0.05) is 18.7 Å². The van der Waals surface area contributed by atoms with Crippen molar-refractivity contribution >= 4 is 18.5 Å². The van der Waals surface area contributed by atoms with Crippen LogP contribution in [0.1, 0.15) is 38.1 Å². The van der Waals surface area contributed by atoms with Crippen molar-refractivity contribution in [2.24, 2.45) is 0 Å². The Morgan fingerprint density at radius 2 is 1.68 bits per heavy atom. The van der Waals surface area contributed by atoms with Gasteiger partial charge in [-0.1, -0.05) is 0 Å². The average molecular weight is 347 g/mol. The van der Waals surface area contributed by atoms with E-state index in [0.29, 0.717) is 37.6 Å². The highest BCUT2D eigenvalue weighted by molar-refractivity contribution is 6.62. The Morgan fingerprint density at radius 3 is 2.24 bits per heavy atom. The van der Waals surface area contributed by atoms with Gasteiger partial charge in [0.2, 0.25) is 0 Å². The van der Waals surface area contributed by atoms with Gasteiger partial charge in [0.1, 0.15) is 5.75 Å². The molecule has 0 saturated carbocycles. The Morgan fingerprint density at radius 1 is 1.08 bits per heavy atom. The van der Waals surface area contributed by atoms with E-state index in [4.69, 9.17) is 18.8 Å². The zero-order chi connectivity index (χ0) is 18.2. The van der Waals surface area contributed by atoms with Gasteiger partial charge in [0.05, 0.1) is 31.5 Å². The summed E-state index contributed by atoms with van der Waals surface area (Å²) >= 11 is 0. The van der Waals surface area contributed by atoms with E-state index in [1.807, 2.05) is 39.8 Å². The minimum absolute atomic E-state index is 0.0278. The van der Waals surface area contributed by atoms with Crippen LogP contribution in [0.4, 0.5) is 0 Å². The standard InChI is InChI=1S/C18H26BNO5/c1-17(2)18(3,4)25-19(24-17)14-10-13(11-15(12-14)22-5)16(21)20-6-8-23-9-7-20/h10-12H,6-9H2,1-5H3. The number of benzene rings is 1. The molecule has 2 heterocycles. The van der Waals surface area contributed by atoms with E-state index in [9.17, 15) is 4.79 Å². The summed E-state index contributed by atoms with van der Waals surface area (Å²) in [5, 5.41) is 0. The maximum absolute atomic E-state index is 12.8. The molecule has 6 nitrogen and oxygen atoms in total. The smallest absolute Gasteiger partial charge is 0.494 e. The van der Waals surface area contributed by atoms with E-state index < -0.39 is 18.3 Å². The third-order valence-electron chi connectivity index (χ3n) is 5.24. The Bertz CT molecular complexity index is 639. The lowest BCUT2D eigenvalue weighted by Gasteiger charge is -2.32. The molecule has 3 rings (SSSR count). The molecule has 0 aliphatic carbocycles. The van der Waals surface area contributed by atoms with Crippen molar-refractivity contribution in [1.82, 2.24) is 4.90 Å². The maximum Gasteiger partial charge on any atom is 0.494 e. The zero-order valence-electron chi connectivity index (χ0n) is 15.6. The van der Waals surface area contributed by atoms with Crippen molar-refractivity contribution in [2.45, 2.75) is 38.9 Å². The van der Waals surface area contributed by atoms with E-state index in [1.54, 1.807) is 18.1 Å². The van der Waals surface area contributed by atoms with Crippen molar-refractivity contribution in [1.29, 1.82) is 0 Å². The number of morpholine rings is 1. The first-order valence-electron chi connectivity index (χ1n) is 8.65. The van der Waals surface area contributed by atoms with Gasteiger partial charge < -0.3 is 23.7 Å². The van der Waals surface area contributed by atoms with Crippen LogP contribution >= 0.6 is 0 Å². The summed E-state index contributed by atoms with van der Waals surface area (Å²) in [6.45, 7) is 10.4. The van der Waals surface area contributed by atoms with Gasteiger partial charge in [-0.15, -0.1) is 0 Å². The molecule has 136 valence electrons. The third kappa shape index (κ3) is 3.54. The van der Waals surface area contributed by atoms with Crippen molar-refractivity contribution in [3.63, 3.8) is 0 Å². The van der Waals surface area contributed by atoms with E-state index in [0.717, 1.165) is 5.46 Å². The Balaban J connectivity index is 1.89. The van der Waals surface area contributed by atoms with Crippen molar-refractivity contribution in [3.8, 4) is 5.75 Å². The fourth-order valence-electron chi connectivity index (χ4n) is 2.93. The highest BCUT2D eigenvalue weighted by Crippen LogP contribution is 2.36. The van der Waals surface area contributed by atoms with Crippen LogP contribution in [0.2, 0.25) is 0 Å². The number of rotatable bonds is 3. The first-order valence-corrected chi connectivity index (χ1v) is 8.65. The predicted octanol–water partition coefficient (Wildman–Crippen LogP) is 1.47. The SMILES string of the molecule is COc1cc(B2OC(C)(C)C(C)(C)O2)cc(C(=O)N2CCOCC2)c1. The topological polar surface area (TPSA) is 57.2 Å². The van der Waals surface area contributed by atoms with Gasteiger partial charge in [-0.2, -0.15) is 0 Å². The average Bonchev–Trinajstić information content (AvgIpc) is 2.82. The monoisotopic (exact) mass is 347 g/mol. The summed E-state index contributed by atoms with van der Waals surface area (Å²) in [6, 6.07) is 5.45. The summed E-state index contributed by atoms with van der Waals surface area (Å²) in [5.41, 5.74) is 0.491. The highest BCUT2D eigenvalue weighted by atomic mass is 16.7. The molecule has 7 heteroatoms. The summed E-state index contributed by atoms with van der Waals surface area (Å²) in [4.78, 5) is 14.6. The molecular formula is C18H26BNO5. The molecule has 2 aliphatic rings. The first kappa shape index (κ1) is 18.2. The molecule has 2 aliphatic heterocycles. The molecule has 0 bridgehead atoms. The Labute approximate surface area is 149 Å². The van der Waals surface area contributed by atoms with Crippen LogP contribution in [0.5, 0.6) is 5.75 Å². The van der Waals surface area contributed by atoms with Crippen molar-refractivity contribution < 1.29 is 23.6 Å². The summed E-state index contributed by atoms with van der Waals surface area (Å²) in [7, 11) is 1.06. The van der Waals surface area contributed by atoms with Crippen molar-refractivity contribution in [3.05, 3.63) is 23.8 Å². The second kappa shape index (κ2) is 6.63. The lowest BCUT2D eigenvalue weighted by Crippen LogP contribution is -2.41. The Hall–Kier alpha value is -1.57. The Kier molecular flexibility index (Phi) is 4.83. The third-order valence-corrected chi connectivity index (χ3v) is 5.24. The van der Waals surface area contributed by atoms with E-state index in [1.165, 1.54) is 0 Å². The number of nitrogens with zero attached hydrogens (tertiary/aromatic N) is 1. The molecule has 0 atom stereocenters. The van der Waals surface area contributed by atoms with E-state index in [2.05, 4.69) is 0 Å². The quantitative estimate of drug-likeness (QED) is 0.775. The lowest BCUT2D eigenvalue weighted by molar-refractivity contribution is 0.00578. The second-order valence-corrected chi connectivity index (χ2v) is 7.49. The molecule has 0 aromatic heterocycles. The van der Waals surface area contributed by atoms with Crippen molar-refractivity contribution in [2.75, 3.05) is 33.4 Å². The fourth-order valence-corrected chi connectivity index (χ4v) is 2.93. The lowest BCUT2D eigenvalue weighted by atomic mass is 9.78. The molecule has 1 aromatic carbocycles. The molecular weight excluding hydrogens is 321 g/mol. The minimum atomic E-state index is -0.531. The van der Waals surface area contributed by atoms with Gasteiger partial charge in [-0.3, -0.25) is 4.79 Å². The minimum Gasteiger partial charge on any atom is -0.497 e. The number of carbonyl (C=O) groups is 1. The van der Waals surface area contributed by atoms with Gasteiger partial charge >= 0.3 is 7.12 Å². The number of amides is 1. The molecule has 25 heavy (non-hydrogen) atoms. The summed E-state index contributed by atoms with van der Waals surface area (Å²) in [5.74, 6) is 0.587. The maximum atomic E-state index is 12.8. The molecule has 2 fully saturated rings. The van der Waals surface area contributed by atoms with Crippen LogP contribution in [-0.2, 0) is 14.0 Å². The summed E-state index contributed by atoms with van der Waals surface area (Å²) in [6.07, 6.45) is 0. The normalized spacial score (nSPS) is 22.1. The zero-order valence-corrected chi connectivity index (χ0v) is 15.6. The van der Waals surface area contributed by atoms with Crippen LogP contribution in [0, 0.1) is 0 Å². The predicted molar refractivity (Wildman–Crippen MR) is 95.4 cm³/mol. The molecule has 0 unspecified atom stereocenters. The van der Waals surface area contributed by atoms with Gasteiger partial charge in [-0.25, -0.2) is 0 Å². The van der Waals surface area contributed by atoms with Crippen LogP contribution in [0.25, 0.3) is 0 Å².